The fraction of sp³-hybridized carbons (Fsp3) is 0.133. The van der Waals surface area contributed by atoms with Crippen molar-refractivity contribution in [2.75, 3.05) is 7.11 Å². The van der Waals surface area contributed by atoms with E-state index in [-0.39, 0.29) is 12.4 Å². The van der Waals surface area contributed by atoms with Gasteiger partial charge in [0, 0.05) is 12.1 Å². The number of ether oxygens (including phenoxy) is 1. The number of halogens is 1. The van der Waals surface area contributed by atoms with Crippen LogP contribution in [0.1, 0.15) is 11.1 Å². The minimum absolute atomic E-state index is 0. The van der Waals surface area contributed by atoms with Gasteiger partial charge in [-0.05, 0) is 29.8 Å². The van der Waals surface area contributed by atoms with Gasteiger partial charge in [0.25, 0.3) is 0 Å². The van der Waals surface area contributed by atoms with Gasteiger partial charge in [-0.3, -0.25) is 5.41 Å². The molecule has 0 saturated heterocycles. The van der Waals surface area contributed by atoms with E-state index in [1.54, 1.807) is 7.11 Å². The molecule has 0 aliphatic rings. The van der Waals surface area contributed by atoms with Crippen LogP contribution in [0, 0.1) is 5.41 Å². The van der Waals surface area contributed by atoms with Crippen LogP contribution >= 0.6 is 12.4 Å². The summed E-state index contributed by atoms with van der Waals surface area (Å²) in [5, 5.41) is 11.0. The first-order valence-electron chi connectivity index (χ1n) is 5.80. The average molecular weight is 277 g/mol. The lowest BCUT2D eigenvalue weighted by atomic mass is 10.2. The summed E-state index contributed by atoms with van der Waals surface area (Å²) < 4.78 is 5.09. The lowest BCUT2D eigenvalue weighted by molar-refractivity contribution is 0.415. The topological polar surface area (TPSA) is 45.1 Å². The van der Waals surface area contributed by atoms with E-state index < -0.39 is 0 Å². The van der Waals surface area contributed by atoms with Crippen LogP contribution in [-0.2, 0) is 6.54 Å². The van der Waals surface area contributed by atoms with Crippen molar-refractivity contribution in [3.63, 3.8) is 0 Å². The van der Waals surface area contributed by atoms with Gasteiger partial charge in [0.2, 0.25) is 0 Å². The molecule has 4 heteroatoms. The third kappa shape index (κ3) is 4.30. The molecule has 0 amide bonds. The molecule has 2 N–H and O–H groups in total. The third-order valence-electron chi connectivity index (χ3n) is 2.69. The van der Waals surface area contributed by atoms with Crippen LogP contribution in [0.15, 0.2) is 54.6 Å². The Labute approximate surface area is 119 Å². The van der Waals surface area contributed by atoms with Gasteiger partial charge < -0.3 is 10.1 Å². The predicted molar refractivity (Wildman–Crippen MR) is 80.4 cm³/mol. The van der Waals surface area contributed by atoms with Gasteiger partial charge in [-0.2, -0.15) is 0 Å². The molecular formula is C15H17ClN2O. The Bertz CT molecular complexity index is 511. The van der Waals surface area contributed by atoms with Crippen LogP contribution in [0.3, 0.4) is 0 Å². The van der Waals surface area contributed by atoms with Crippen LogP contribution < -0.4 is 10.1 Å². The van der Waals surface area contributed by atoms with E-state index in [1.807, 2.05) is 54.6 Å². The van der Waals surface area contributed by atoms with E-state index in [1.165, 1.54) is 0 Å². The molecule has 100 valence electrons. The highest BCUT2D eigenvalue weighted by Crippen LogP contribution is 2.11. The number of methoxy groups -OCH3 is 1. The smallest absolute Gasteiger partial charge is 0.125 e. The third-order valence-corrected chi connectivity index (χ3v) is 2.69. The molecule has 0 aliphatic carbocycles. The minimum atomic E-state index is 0. The first-order valence-corrected chi connectivity index (χ1v) is 5.80. The molecule has 0 saturated carbocycles. The van der Waals surface area contributed by atoms with E-state index in [4.69, 9.17) is 10.1 Å². The zero-order valence-corrected chi connectivity index (χ0v) is 11.5. The Hall–Kier alpha value is -2.00. The molecule has 2 rings (SSSR count). The zero-order valence-electron chi connectivity index (χ0n) is 10.7. The Morgan fingerprint density at radius 2 is 1.68 bits per heavy atom. The van der Waals surface area contributed by atoms with Crippen molar-refractivity contribution >= 4 is 18.2 Å². The number of hydrogen-bond donors (Lipinski definition) is 2. The van der Waals surface area contributed by atoms with Gasteiger partial charge >= 0.3 is 0 Å². The van der Waals surface area contributed by atoms with Crippen LogP contribution in [-0.4, -0.2) is 12.9 Å². The van der Waals surface area contributed by atoms with Gasteiger partial charge in [-0.25, -0.2) is 0 Å². The van der Waals surface area contributed by atoms with Crippen LogP contribution in [0.25, 0.3) is 0 Å². The monoisotopic (exact) mass is 276 g/mol. The van der Waals surface area contributed by atoms with Gasteiger partial charge in [0.1, 0.15) is 11.6 Å². The average Bonchev–Trinajstić information content (AvgIpc) is 2.46. The molecule has 2 aromatic carbocycles. The number of benzene rings is 2. The van der Waals surface area contributed by atoms with Gasteiger partial charge in [0.05, 0.1) is 7.11 Å². The number of nitrogens with one attached hydrogen (secondary N) is 2. The summed E-state index contributed by atoms with van der Waals surface area (Å²) in [6.07, 6.45) is 0. The highest BCUT2D eigenvalue weighted by Gasteiger charge is 2.01. The summed E-state index contributed by atoms with van der Waals surface area (Å²) in [5.41, 5.74) is 2.02. The number of rotatable bonds is 4. The molecule has 3 nitrogen and oxygen atoms in total. The number of amidine groups is 1. The number of hydrogen-bond acceptors (Lipinski definition) is 2. The van der Waals surface area contributed by atoms with Gasteiger partial charge in [-0.15, -0.1) is 12.4 Å². The van der Waals surface area contributed by atoms with Crippen LogP contribution in [0.2, 0.25) is 0 Å². The van der Waals surface area contributed by atoms with Crippen molar-refractivity contribution in [2.45, 2.75) is 6.54 Å². The second kappa shape index (κ2) is 7.44. The fourth-order valence-corrected chi connectivity index (χ4v) is 1.65. The predicted octanol–water partition coefficient (Wildman–Crippen LogP) is 3.23. The Morgan fingerprint density at radius 3 is 2.26 bits per heavy atom. The maximum absolute atomic E-state index is 7.95. The fourth-order valence-electron chi connectivity index (χ4n) is 1.65. The molecule has 0 atom stereocenters. The maximum atomic E-state index is 7.95. The normalized spacial score (nSPS) is 9.32. The lowest BCUT2D eigenvalue weighted by Gasteiger charge is -2.08. The van der Waals surface area contributed by atoms with Crippen LogP contribution in [0.5, 0.6) is 5.75 Å². The Morgan fingerprint density at radius 1 is 1.05 bits per heavy atom. The SMILES string of the molecule is COc1ccc(C(=N)NCc2ccccc2)cc1.Cl. The van der Waals surface area contributed by atoms with E-state index >= 15 is 0 Å². The van der Waals surface area contributed by atoms with Gasteiger partial charge in [0.15, 0.2) is 0 Å². The first-order chi connectivity index (χ1) is 8.79. The molecule has 0 fully saturated rings. The van der Waals surface area contributed by atoms with Crippen molar-refractivity contribution in [3.05, 3.63) is 65.7 Å². The molecule has 0 radical (unpaired) electrons. The molecule has 0 heterocycles. The molecule has 0 spiro atoms. The second-order valence-electron chi connectivity index (χ2n) is 3.94. The lowest BCUT2D eigenvalue weighted by Crippen LogP contribution is -2.22. The molecule has 19 heavy (non-hydrogen) atoms. The standard InChI is InChI=1S/C15H16N2O.ClH/c1-18-14-9-7-13(8-10-14)15(16)17-11-12-5-3-2-4-6-12;/h2-10H,11H2,1H3,(H2,16,17);1H. The summed E-state index contributed by atoms with van der Waals surface area (Å²) in [6.45, 7) is 0.658. The minimum Gasteiger partial charge on any atom is -0.497 e. The van der Waals surface area contributed by atoms with E-state index in [0.717, 1.165) is 16.9 Å². The van der Waals surface area contributed by atoms with E-state index in [2.05, 4.69) is 5.32 Å². The second-order valence-corrected chi connectivity index (χ2v) is 3.94. The Balaban J connectivity index is 0.00000180. The maximum Gasteiger partial charge on any atom is 0.125 e. The first kappa shape index (κ1) is 15.1. The summed E-state index contributed by atoms with van der Waals surface area (Å²) in [7, 11) is 1.63. The summed E-state index contributed by atoms with van der Waals surface area (Å²) in [6, 6.07) is 17.5. The van der Waals surface area contributed by atoms with Crippen LogP contribution in [0.4, 0.5) is 0 Å². The quantitative estimate of drug-likeness (QED) is 0.665. The van der Waals surface area contributed by atoms with E-state index in [0.29, 0.717) is 12.4 Å². The van der Waals surface area contributed by atoms with Crippen molar-refractivity contribution in [1.29, 1.82) is 5.41 Å². The van der Waals surface area contributed by atoms with E-state index in [9.17, 15) is 0 Å². The summed E-state index contributed by atoms with van der Waals surface area (Å²) in [5.74, 6) is 1.22. The van der Waals surface area contributed by atoms with Crippen molar-refractivity contribution in [1.82, 2.24) is 5.32 Å². The molecular weight excluding hydrogens is 260 g/mol. The molecule has 0 aromatic heterocycles. The molecule has 0 bridgehead atoms. The highest BCUT2D eigenvalue weighted by molar-refractivity contribution is 5.96. The molecule has 2 aromatic rings. The highest BCUT2D eigenvalue weighted by atomic mass is 35.5. The molecule has 0 unspecified atom stereocenters. The van der Waals surface area contributed by atoms with Crippen molar-refractivity contribution in [2.24, 2.45) is 0 Å². The molecule has 0 aliphatic heterocycles. The Kier molecular flexibility index (Phi) is 5.90. The zero-order chi connectivity index (χ0) is 12.8. The largest absolute Gasteiger partial charge is 0.497 e. The van der Waals surface area contributed by atoms with Crippen molar-refractivity contribution < 1.29 is 4.74 Å². The van der Waals surface area contributed by atoms with Gasteiger partial charge in [-0.1, -0.05) is 30.3 Å². The van der Waals surface area contributed by atoms with Crippen molar-refractivity contribution in [3.8, 4) is 5.75 Å². The summed E-state index contributed by atoms with van der Waals surface area (Å²) >= 11 is 0. The summed E-state index contributed by atoms with van der Waals surface area (Å²) in [4.78, 5) is 0.